The number of Topliss-reactive ketones (excluding diaryl/α,β-unsaturated/α-hetero) is 1. The summed E-state index contributed by atoms with van der Waals surface area (Å²) in [6.45, 7) is 14.3. The lowest BCUT2D eigenvalue weighted by Crippen LogP contribution is -2.78. The lowest BCUT2D eigenvalue weighted by atomic mass is 9.46. The van der Waals surface area contributed by atoms with Gasteiger partial charge in [-0.3, -0.25) is 9.59 Å². The fourth-order valence-electron chi connectivity index (χ4n) is 8.59. The molecule has 48 heavy (non-hydrogen) atoms. The Morgan fingerprint density at radius 3 is 2.38 bits per heavy atom. The van der Waals surface area contributed by atoms with Gasteiger partial charge in [-0.15, -0.1) is 0 Å². The largest absolute Gasteiger partial charge is 0.469 e. The van der Waals surface area contributed by atoms with E-state index in [0.717, 1.165) is 0 Å². The minimum Gasteiger partial charge on any atom is -0.469 e. The molecule has 0 spiro atoms. The minimum absolute atomic E-state index is 0.0579. The van der Waals surface area contributed by atoms with Gasteiger partial charge in [-0.05, 0) is 56.5 Å². The second kappa shape index (κ2) is 12.0. The van der Waals surface area contributed by atoms with Crippen molar-refractivity contribution in [3.05, 3.63) is 78.1 Å². The molecule has 1 saturated heterocycles. The van der Waals surface area contributed by atoms with Crippen LogP contribution in [0.4, 0.5) is 0 Å². The summed E-state index contributed by atoms with van der Waals surface area (Å²) in [6, 6.07) is 11.3. The summed E-state index contributed by atoms with van der Waals surface area (Å²) in [5, 5.41) is 24.0. The third-order valence-electron chi connectivity index (χ3n) is 11.5. The monoisotopic (exact) mass is 662 g/mol. The predicted octanol–water partition coefficient (Wildman–Crippen LogP) is 4.14. The summed E-state index contributed by atoms with van der Waals surface area (Å²) in [5.41, 5.74) is -4.50. The van der Waals surface area contributed by atoms with Crippen LogP contribution in [0.5, 0.6) is 0 Å². The van der Waals surface area contributed by atoms with Gasteiger partial charge >= 0.3 is 17.9 Å². The number of furan rings is 1. The average molecular weight is 663 g/mol. The van der Waals surface area contributed by atoms with Gasteiger partial charge in [-0.1, -0.05) is 44.5 Å². The van der Waals surface area contributed by atoms with Crippen LogP contribution in [-0.2, 0) is 33.3 Å². The highest BCUT2D eigenvalue weighted by Crippen LogP contribution is 2.64. The van der Waals surface area contributed by atoms with Crippen molar-refractivity contribution in [2.45, 2.75) is 102 Å². The molecule has 1 aromatic carbocycles. The molecule has 3 aliphatic carbocycles. The molecule has 256 valence electrons. The molecule has 1 unspecified atom stereocenters. The Kier molecular flexibility index (Phi) is 8.49. The first-order valence-corrected chi connectivity index (χ1v) is 16.3. The van der Waals surface area contributed by atoms with Gasteiger partial charge in [0.25, 0.3) is 0 Å². The van der Waals surface area contributed by atoms with Crippen LogP contribution in [0.25, 0.3) is 0 Å². The molecule has 2 N–H and O–H groups in total. The third-order valence-corrected chi connectivity index (χ3v) is 11.5. The highest BCUT2D eigenvalue weighted by atomic mass is 16.6. The molecule has 6 rings (SSSR count). The number of ketones is 1. The van der Waals surface area contributed by atoms with Gasteiger partial charge in [0, 0.05) is 30.6 Å². The maximum Gasteiger partial charge on any atom is 0.338 e. The fraction of sp³-hybridized carbons (Fsp3) is 0.541. The van der Waals surface area contributed by atoms with Crippen molar-refractivity contribution in [2.75, 3.05) is 6.61 Å². The summed E-state index contributed by atoms with van der Waals surface area (Å²) in [5.74, 6) is -4.68. The number of hydrogen-bond acceptors (Lipinski definition) is 11. The molecule has 9 atom stereocenters. The number of carbonyl (C=O) groups is 4. The van der Waals surface area contributed by atoms with Crippen LogP contribution in [0, 0.1) is 23.7 Å². The number of benzene rings is 1. The van der Waals surface area contributed by atoms with Crippen LogP contribution in [-0.4, -0.2) is 76.1 Å². The molecule has 2 aromatic rings. The van der Waals surface area contributed by atoms with E-state index in [9.17, 15) is 29.4 Å². The van der Waals surface area contributed by atoms with Gasteiger partial charge in [0.15, 0.2) is 11.7 Å². The van der Waals surface area contributed by atoms with Crippen LogP contribution < -0.4 is 0 Å². The highest BCUT2D eigenvalue weighted by Gasteiger charge is 2.75. The first-order valence-electron chi connectivity index (χ1n) is 16.3. The van der Waals surface area contributed by atoms with E-state index in [0.29, 0.717) is 24.0 Å². The molecule has 0 amide bonds. The number of ether oxygens (including phenoxy) is 4. The normalized spacial score (nSPS) is 35.0. The summed E-state index contributed by atoms with van der Waals surface area (Å²) in [4.78, 5) is 54.6. The van der Waals surface area contributed by atoms with Gasteiger partial charge in [-0.25, -0.2) is 9.59 Å². The van der Waals surface area contributed by atoms with Crippen LogP contribution in [0.3, 0.4) is 0 Å². The fourth-order valence-corrected chi connectivity index (χ4v) is 8.59. The predicted molar refractivity (Wildman–Crippen MR) is 168 cm³/mol. The number of carbonyl (C=O) groups excluding carboxylic acids is 4. The number of fused-ring (bicyclic) bond motifs is 5. The minimum atomic E-state index is -1.98. The van der Waals surface area contributed by atoms with Crippen molar-refractivity contribution < 1.29 is 52.8 Å². The molecule has 11 heteroatoms. The molecule has 1 aliphatic heterocycles. The molecule has 2 bridgehead atoms. The van der Waals surface area contributed by atoms with E-state index in [-0.39, 0.29) is 36.6 Å². The Hall–Kier alpha value is -3.80. The molecule has 2 saturated carbocycles. The van der Waals surface area contributed by atoms with Gasteiger partial charge in [-0.2, -0.15) is 0 Å². The number of aliphatic hydroxyl groups is 2. The first kappa shape index (κ1) is 34.1. The zero-order chi connectivity index (χ0) is 34.8. The smallest absolute Gasteiger partial charge is 0.338 e. The number of aliphatic hydroxyl groups excluding tert-OH is 1. The molecular weight excluding hydrogens is 620 g/mol. The van der Waals surface area contributed by atoms with Gasteiger partial charge in [0.2, 0.25) is 0 Å². The van der Waals surface area contributed by atoms with Crippen LogP contribution in [0.2, 0.25) is 0 Å². The summed E-state index contributed by atoms with van der Waals surface area (Å²) in [7, 11) is 0. The van der Waals surface area contributed by atoms with Crippen LogP contribution in [0.1, 0.15) is 82.3 Å². The summed E-state index contributed by atoms with van der Waals surface area (Å²) >= 11 is 0. The lowest BCUT2D eigenvalue weighted by Gasteiger charge is -2.66. The highest BCUT2D eigenvalue weighted by molar-refractivity contribution is 5.91. The zero-order valence-electron chi connectivity index (χ0n) is 27.8. The molecule has 11 nitrogen and oxygen atoms in total. The van der Waals surface area contributed by atoms with E-state index >= 15 is 0 Å². The zero-order valence-corrected chi connectivity index (χ0v) is 27.8. The Bertz CT molecular complexity index is 1630. The van der Waals surface area contributed by atoms with Crippen LogP contribution >= 0.6 is 0 Å². The third kappa shape index (κ3) is 5.13. The Morgan fingerprint density at radius 1 is 1.06 bits per heavy atom. The van der Waals surface area contributed by atoms with Gasteiger partial charge in [0.05, 0.1) is 30.3 Å². The van der Waals surface area contributed by atoms with Crippen molar-refractivity contribution in [1.29, 1.82) is 0 Å². The van der Waals surface area contributed by atoms with E-state index in [1.54, 1.807) is 64.1 Å². The maximum absolute atomic E-state index is 14.6. The lowest BCUT2D eigenvalue weighted by molar-refractivity contribution is -0.331. The van der Waals surface area contributed by atoms with Crippen molar-refractivity contribution >= 4 is 23.7 Å². The number of hydrogen-bond donors (Lipinski definition) is 2. The van der Waals surface area contributed by atoms with Crippen molar-refractivity contribution in [3.8, 4) is 0 Å². The van der Waals surface area contributed by atoms with Crippen molar-refractivity contribution in [1.82, 2.24) is 0 Å². The molecule has 2 heterocycles. The second-order valence-corrected chi connectivity index (χ2v) is 14.4. The topological polar surface area (TPSA) is 159 Å². The molecular formula is C37H42O11. The van der Waals surface area contributed by atoms with Gasteiger partial charge < -0.3 is 33.6 Å². The number of esters is 3. The second-order valence-electron chi connectivity index (χ2n) is 14.4. The van der Waals surface area contributed by atoms with Crippen molar-refractivity contribution in [3.63, 3.8) is 0 Å². The van der Waals surface area contributed by atoms with E-state index < -0.39 is 76.2 Å². The van der Waals surface area contributed by atoms with E-state index in [2.05, 4.69) is 0 Å². The average Bonchev–Trinajstić information content (AvgIpc) is 3.58. The quantitative estimate of drug-likeness (QED) is 0.249. The SMILES string of the molecule is [CH][C@@H](c1ccco1)[C@@H](O)C(=O)OC1C[C@@]2(O)[C@@H](OC(=O)c3ccccc3)[C@@H]3[C@]4(OC(C)=O)CO[C@@H]4CC[C@@]3(C)C(=O)CC(=C1C)C2(C)C. The maximum atomic E-state index is 14.6. The molecule has 1 aromatic heterocycles. The van der Waals surface area contributed by atoms with Crippen LogP contribution in [0.15, 0.2) is 64.3 Å². The van der Waals surface area contributed by atoms with E-state index in [1.165, 1.54) is 19.3 Å². The Morgan fingerprint density at radius 2 is 1.77 bits per heavy atom. The Balaban J connectivity index is 1.49. The standard InChI is InChI=1S/C37H42O11/c1-20-24-17-27(39)35(6)15-14-28-36(19-45-28,48-22(3)38)30(35)31(47-32(41)23-11-8-7-9-12-23)37(43,34(24,4)5)18-26(20)46-33(42)29(40)21(2)25-13-10-16-44-25/h2,7-13,16,21,26,28-31,40,43H,14-15,17-19H2,1,3-6H3/t21-,26?,28+,29+,30-,31-,35-,36-,37+/m0/s1. The van der Waals surface area contributed by atoms with Gasteiger partial charge in [0.1, 0.15) is 35.5 Å². The van der Waals surface area contributed by atoms with E-state index in [1.807, 2.05) is 0 Å². The van der Waals surface area contributed by atoms with E-state index in [4.69, 9.17) is 30.3 Å². The molecule has 2 radical (unpaired) electrons. The summed E-state index contributed by atoms with van der Waals surface area (Å²) < 4.78 is 29.5. The first-order chi connectivity index (χ1) is 22.6. The Labute approximate surface area is 279 Å². The summed E-state index contributed by atoms with van der Waals surface area (Å²) in [6.07, 6.45) is -3.23. The molecule has 3 fully saturated rings. The van der Waals surface area contributed by atoms with Crippen molar-refractivity contribution in [2.24, 2.45) is 16.7 Å². The number of rotatable bonds is 7. The molecule has 4 aliphatic rings.